The third-order valence-electron chi connectivity index (χ3n) is 3.44. The fourth-order valence-corrected chi connectivity index (χ4v) is 2.82. The molecule has 0 aliphatic rings. The number of hydrogen-bond donors (Lipinski definition) is 1. The Morgan fingerprint density at radius 1 is 1.22 bits per heavy atom. The van der Waals surface area contributed by atoms with Gasteiger partial charge in [0.1, 0.15) is 0 Å². The molecular formula is C18H20N2O2S. The molecule has 0 aliphatic heterocycles. The number of likely N-dealkylation sites (N-methyl/N-ethyl adjacent to an activating group) is 1. The molecule has 0 unspecified atom stereocenters. The number of nitrogens with zero attached hydrogens (tertiary/aromatic N) is 1. The molecule has 1 heterocycles. The SMILES string of the molecule is CCN(Cc1cccs1)C(=O)/C=C/c1ccc(C(=O)NC)cc1. The lowest BCUT2D eigenvalue weighted by atomic mass is 10.1. The number of carbonyl (C=O) groups is 2. The second-order valence-corrected chi connectivity index (χ2v) is 6.00. The monoisotopic (exact) mass is 328 g/mol. The van der Waals surface area contributed by atoms with Gasteiger partial charge < -0.3 is 10.2 Å². The molecule has 4 nitrogen and oxygen atoms in total. The highest BCUT2D eigenvalue weighted by Crippen LogP contribution is 2.13. The van der Waals surface area contributed by atoms with E-state index in [4.69, 9.17) is 0 Å². The molecule has 120 valence electrons. The molecule has 0 fully saturated rings. The topological polar surface area (TPSA) is 49.4 Å². The highest BCUT2D eigenvalue weighted by Gasteiger charge is 2.09. The molecule has 0 bridgehead atoms. The van der Waals surface area contributed by atoms with E-state index < -0.39 is 0 Å². The Bertz CT molecular complexity index is 676. The molecule has 2 amide bonds. The standard InChI is InChI=1S/C18H20N2O2S/c1-3-20(13-16-5-4-12-23-16)17(21)11-8-14-6-9-15(10-7-14)18(22)19-2/h4-12H,3,13H2,1-2H3,(H,19,22)/b11-8+. The zero-order chi connectivity index (χ0) is 16.7. The van der Waals surface area contributed by atoms with E-state index in [9.17, 15) is 9.59 Å². The van der Waals surface area contributed by atoms with Crippen molar-refractivity contribution in [1.29, 1.82) is 0 Å². The lowest BCUT2D eigenvalue weighted by molar-refractivity contribution is -0.126. The van der Waals surface area contributed by atoms with Gasteiger partial charge in [-0.15, -0.1) is 11.3 Å². The number of benzene rings is 1. The highest BCUT2D eigenvalue weighted by atomic mass is 32.1. The average Bonchev–Trinajstić information content (AvgIpc) is 3.10. The summed E-state index contributed by atoms with van der Waals surface area (Å²) in [4.78, 5) is 26.7. The summed E-state index contributed by atoms with van der Waals surface area (Å²) in [6.07, 6.45) is 3.35. The van der Waals surface area contributed by atoms with Crippen LogP contribution in [0, 0.1) is 0 Å². The van der Waals surface area contributed by atoms with Gasteiger partial charge in [-0.25, -0.2) is 0 Å². The van der Waals surface area contributed by atoms with Crippen molar-refractivity contribution in [1.82, 2.24) is 10.2 Å². The summed E-state index contributed by atoms with van der Waals surface area (Å²) >= 11 is 1.65. The maximum absolute atomic E-state index is 12.3. The predicted molar refractivity (Wildman–Crippen MR) is 94.3 cm³/mol. The van der Waals surface area contributed by atoms with Crippen LogP contribution >= 0.6 is 11.3 Å². The van der Waals surface area contributed by atoms with Gasteiger partial charge in [0, 0.05) is 30.1 Å². The summed E-state index contributed by atoms with van der Waals surface area (Å²) in [7, 11) is 1.60. The minimum atomic E-state index is -0.121. The molecule has 0 saturated carbocycles. The fraction of sp³-hybridized carbons (Fsp3) is 0.222. The van der Waals surface area contributed by atoms with Crippen LogP contribution in [0.4, 0.5) is 0 Å². The number of hydrogen-bond acceptors (Lipinski definition) is 3. The van der Waals surface area contributed by atoms with E-state index in [0.717, 1.165) is 5.56 Å². The summed E-state index contributed by atoms with van der Waals surface area (Å²) < 4.78 is 0. The van der Waals surface area contributed by atoms with Gasteiger partial charge in [-0.05, 0) is 42.1 Å². The van der Waals surface area contributed by atoms with Crippen LogP contribution in [0.1, 0.15) is 27.7 Å². The van der Waals surface area contributed by atoms with E-state index in [-0.39, 0.29) is 11.8 Å². The van der Waals surface area contributed by atoms with Crippen molar-refractivity contribution in [2.24, 2.45) is 0 Å². The van der Waals surface area contributed by atoms with Gasteiger partial charge in [0.25, 0.3) is 5.91 Å². The highest BCUT2D eigenvalue weighted by molar-refractivity contribution is 7.09. The molecule has 5 heteroatoms. The Balaban J connectivity index is 2.00. The molecular weight excluding hydrogens is 308 g/mol. The Hall–Kier alpha value is -2.40. The van der Waals surface area contributed by atoms with Gasteiger partial charge in [-0.2, -0.15) is 0 Å². The number of nitrogens with one attached hydrogen (secondary N) is 1. The second-order valence-electron chi connectivity index (χ2n) is 4.97. The molecule has 2 rings (SSSR count). The smallest absolute Gasteiger partial charge is 0.251 e. The Kier molecular flexibility index (Phi) is 6.11. The van der Waals surface area contributed by atoms with E-state index >= 15 is 0 Å². The van der Waals surface area contributed by atoms with Gasteiger partial charge in [0.05, 0.1) is 6.54 Å². The van der Waals surface area contributed by atoms with Gasteiger partial charge in [-0.3, -0.25) is 9.59 Å². The lowest BCUT2D eigenvalue weighted by Crippen LogP contribution is -2.28. The van der Waals surface area contributed by atoms with E-state index in [1.54, 1.807) is 47.6 Å². The minimum absolute atomic E-state index is 0.0173. The maximum Gasteiger partial charge on any atom is 0.251 e. The number of rotatable bonds is 6. The molecule has 0 radical (unpaired) electrons. The van der Waals surface area contributed by atoms with Gasteiger partial charge in [0.2, 0.25) is 5.91 Å². The van der Waals surface area contributed by atoms with Gasteiger partial charge >= 0.3 is 0 Å². The van der Waals surface area contributed by atoms with Crippen molar-refractivity contribution in [3.05, 3.63) is 63.9 Å². The molecule has 0 atom stereocenters. The predicted octanol–water partition coefficient (Wildman–Crippen LogP) is 3.17. The van der Waals surface area contributed by atoms with Crippen LogP contribution in [0.2, 0.25) is 0 Å². The van der Waals surface area contributed by atoms with Crippen molar-refractivity contribution in [3.8, 4) is 0 Å². The van der Waals surface area contributed by atoms with E-state index in [2.05, 4.69) is 5.32 Å². The molecule has 0 spiro atoms. The summed E-state index contributed by atoms with van der Waals surface area (Å²) in [5.41, 5.74) is 1.49. The summed E-state index contributed by atoms with van der Waals surface area (Å²) in [6.45, 7) is 3.27. The number of carbonyl (C=O) groups excluding carboxylic acids is 2. The zero-order valence-electron chi connectivity index (χ0n) is 13.3. The van der Waals surface area contributed by atoms with Crippen molar-refractivity contribution in [2.75, 3.05) is 13.6 Å². The molecule has 1 aromatic heterocycles. The minimum Gasteiger partial charge on any atom is -0.355 e. The van der Waals surface area contributed by atoms with E-state index in [1.165, 1.54) is 4.88 Å². The Morgan fingerprint density at radius 2 is 1.96 bits per heavy atom. The third kappa shape index (κ3) is 4.79. The average molecular weight is 328 g/mol. The van der Waals surface area contributed by atoms with Crippen LogP contribution in [0.25, 0.3) is 6.08 Å². The number of thiophene rings is 1. The van der Waals surface area contributed by atoms with Crippen LogP contribution in [0.3, 0.4) is 0 Å². The summed E-state index contributed by atoms with van der Waals surface area (Å²) in [5.74, 6) is -0.138. The van der Waals surface area contributed by atoms with Gasteiger partial charge in [0.15, 0.2) is 0 Å². The molecule has 1 aromatic carbocycles. The Labute approximate surface area is 140 Å². The fourth-order valence-electron chi connectivity index (χ4n) is 2.10. The van der Waals surface area contributed by atoms with Crippen LogP contribution in [0.5, 0.6) is 0 Å². The lowest BCUT2D eigenvalue weighted by Gasteiger charge is -2.18. The maximum atomic E-state index is 12.3. The van der Waals surface area contributed by atoms with E-state index in [1.807, 2.05) is 36.6 Å². The van der Waals surface area contributed by atoms with Crippen molar-refractivity contribution >= 4 is 29.2 Å². The molecule has 2 aromatic rings. The van der Waals surface area contributed by atoms with Gasteiger partial charge in [-0.1, -0.05) is 18.2 Å². The third-order valence-corrected chi connectivity index (χ3v) is 4.30. The van der Waals surface area contributed by atoms with Crippen molar-refractivity contribution in [3.63, 3.8) is 0 Å². The molecule has 23 heavy (non-hydrogen) atoms. The van der Waals surface area contributed by atoms with Crippen molar-refractivity contribution in [2.45, 2.75) is 13.5 Å². The number of amides is 2. The molecule has 0 aliphatic carbocycles. The Morgan fingerprint density at radius 3 is 2.52 bits per heavy atom. The second kappa shape index (κ2) is 8.29. The first-order valence-corrected chi connectivity index (χ1v) is 8.33. The summed E-state index contributed by atoms with van der Waals surface area (Å²) in [6, 6.07) is 11.1. The van der Waals surface area contributed by atoms with Crippen LogP contribution in [-0.4, -0.2) is 30.3 Å². The van der Waals surface area contributed by atoms with Crippen LogP contribution < -0.4 is 5.32 Å². The first-order valence-electron chi connectivity index (χ1n) is 7.45. The molecule has 0 saturated heterocycles. The quantitative estimate of drug-likeness (QED) is 0.828. The first-order chi connectivity index (χ1) is 11.1. The first kappa shape index (κ1) is 17.0. The molecule has 1 N–H and O–H groups in total. The zero-order valence-corrected chi connectivity index (χ0v) is 14.1. The van der Waals surface area contributed by atoms with Crippen LogP contribution in [0.15, 0.2) is 47.9 Å². The van der Waals surface area contributed by atoms with E-state index in [0.29, 0.717) is 18.7 Å². The normalized spacial score (nSPS) is 10.7. The van der Waals surface area contributed by atoms with Crippen LogP contribution in [-0.2, 0) is 11.3 Å². The summed E-state index contributed by atoms with van der Waals surface area (Å²) in [5, 5.41) is 4.59. The largest absolute Gasteiger partial charge is 0.355 e. The van der Waals surface area contributed by atoms with Crippen molar-refractivity contribution < 1.29 is 9.59 Å².